The van der Waals surface area contributed by atoms with E-state index in [1.807, 2.05) is 6.07 Å². The molecular formula is C14H16BrNO3. The van der Waals surface area contributed by atoms with Gasteiger partial charge in [-0.3, -0.25) is 0 Å². The maximum Gasteiger partial charge on any atom is 0.235 e. The molecule has 0 atom stereocenters. The number of nitrogens with zero attached hydrogens (tertiary/aromatic N) is 1. The van der Waals surface area contributed by atoms with Crippen molar-refractivity contribution in [3.8, 4) is 11.5 Å². The van der Waals surface area contributed by atoms with Gasteiger partial charge in [0.2, 0.25) is 6.08 Å². The Hall–Kier alpha value is -1.32. The predicted octanol–water partition coefficient (Wildman–Crippen LogP) is 3.35. The van der Waals surface area contributed by atoms with Gasteiger partial charge in [0.25, 0.3) is 0 Å². The molecule has 1 aromatic carbocycles. The molecule has 0 radical (unpaired) electrons. The Morgan fingerprint density at radius 2 is 2.00 bits per heavy atom. The third kappa shape index (κ3) is 2.28. The molecule has 0 aromatic heterocycles. The highest BCUT2D eigenvalue weighted by molar-refractivity contribution is 9.10. The number of carbonyl (C=O) groups excluding carboxylic acids is 1. The lowest BCUT2D eigenvalue weighted by Gasteiger charge is -2.19. The largest absolute Gasteiger partial charge is 0.495 e. The Bertz CT molecular complexity index is 546. The minimum Gasteiger partial charge on any atom is -0.495 e. The summed E-state index contributed by atoms with van der Waals surface area (Å²) in [5, 5.41) is 0. The minimum atomic E-state index is -0.453. The van der Waals surface area contributed by atoms with Crippen molar-refractivity contribution in [2.45, 2.75) is 31.7 Å². The van der Waals surface area contributed by atoms with E-state index in [1.54, 1.807) is 20.3 Å². The van der Waals surface area contributed by atoms with Crippen LogP contribution in [0.3, 0.4) is 0 Å². The summed E-state index contributed by atoms with van der Waals surface area (Å²) in [4.78, 5) is 14.6. The summed E-state index contributed by atoms with van der Waals surface area (Å²) in [6, 6.07) is 2.02. The van der Waals surface area contributed by atoms with E-state index in [9.17, 15) is 4.79 Å². The Kier molecular flexibility index (Phi) is 3.97. The number of ether oxygens (including phenoxy) is 2. The zero-order valence-electron chi connectivity index (χ0n) is 11.2. The Balaban J connectivity index is 2.67. The van der Waals surface area contributed by atoms with Gasteiger partial charge in [-0.05, 0) is 46.8 Å². The summed E-state index contributed by atoms with van der Waals surface area (Å²) in [5.74, 6) is 1.46. The second-order valence-corrected chi connectivity index (χ2v) is 5.34. The molecule has 1 aliphatic rings. The van der Waals surface area contributed by atoms with E-state index in [0.717, 1.165) is 40.6 Å². The van der Waals surface area contributed by atoms with E-state index >= 15 is 0 Å². The molecule has 0 unspecified atom stereocenters. The van der Waals surface area contributed by atoms with Crippen molar-refractivity contribution >= 4 is 22.0 Å². The normalized spacial score (nSPS) is 15.6. The van der Waals surface area contributed by atoms with Crippen LogP contribution in [0.2, 0.25) is 0 Å². The quantitative estimate of drug-likeness (QED) is 0.616. The minimum absolute atomic E-state index is 0.453. The highest BCUT2D eigenvalue weighted by atomic mass is 79.9. The van der Waals surface area contributed by atoms with Crippen LogP contribution in [0.15, 0.2) is 15.5 Å². The average molecular weight is 326 g/mol. The maximum atomic E-state index is 10.6. The molecule has 4 nitrogen and oxygen atoms in total. The zero-order chi connectivity index (χ0) is 14.0. The van der Waals surface area contributed by atoms with Crippen molar-refractivity contribution < 1.29 is 14.3 Å². The van der Waals surface area contributed by atoms with E-state index in [2.05, 4.69) is 27.8 Å². The molecule has 5 heteroatoms. The van der Waals surface area contributed by atoms with Crippen LogP contribution in [0.4, 0.5) is 0 Å². The number of halogens is 1. The zero-order valence-corrected chi connectivity index (χ0v) is 12.8. The second kappa shape index (κ2) is 5.35. The summed E-state index contributed by atoms with van der Waals surface area (Å²) < 4.78 is 11.7. The van der Waals surface area contributed by atoms with Crippen LogP contribution in [0.1, 0.15) is 30.9 Å². The number of hydrogen-bond donors (Lipinski definition) is 0. The van der Waals surface area contributed by atoms with E-state index < -0.39 is 5.54 Å². The number of aryl methyl sites for hydroxylation is 1. The van der Waals surface area contributed by atoms with Gasteiger partial charge < -0.3 is 9.47 Å². The van der Waals surface area contributed by atoms with E-state index in [-0.39, 0.29) is 0 Å². The van der Waals surface area contributed by atoms with Crippen LogP contribution < -0.4 is 9.47 Å². The van der Waals surface area contributed by atoms with Gasteiger partial charge in [-0.1, -0.05) is 6.92 Å². The van der Waals surface area contributed by atoms with E-state index in [4.69, 9.17) is 9.47 Å². The van der Waals surface area contributed by atoms with Crippen molar-refractivity contribution in [1.29, 1.82) is 0 Å². The molecule has 102 valence electrons. The van der Waals surface area contributed by atoms with Crippen molar-refractivity contribution in [3.63, 3.8) is 0 Å². The summed E-state index contributed by atoms with van der Waals surface area (Å²) in [7, 11) is 3.24. The van der Waals surface area contributed by atoms with Crippen LogP contribution in [0.5, 0.6) is 11.5 Å². The van der Waals surface area contributed by atoms with Crippen LogP contribution in [0.25, 0.3) is 0 Å². The van der Waals surface area contributed by atoms with E-state index in [1.165, 1.54) is 0 Å². The third-order valence-corrected chi connectivity index (χ3v) is 4.25. The highest BCUT2D eigenvalue weighted by Crippen LogP contribution is 2.55. The summed E-state index contributed by atoms with van der Waals surface area (Å²) in [6.07, 6.45) is 4.21. The molecule has 0 aliphatic heterocycles. The summed E-state index contributed by atoms with van der Waals surface area (Å²) in [5.41, 5.74) is 1.55. The number of aliphatic imine (C=N–C) groups is 1. The third-order valence-electron chi connectivity index (χ3n) is 3.53. The average Bonchev–Trinajstić information content (AvgIpc) is 3.18. The van der Waals surface area contributed by atoms with E-state index in [0.29, 0.717) is 5.75 Å². The molecule has 0 amide bonds. The van der Waals surface area contributed by atoms with Crippen LogP contribution in [-0.2, 0) is 16.8 Å². The molecule has 19 heavy (non-hydrogen) atoms. The van der Waals surface area contributed by atoms with Crippen molar-refractivity contribution in [1.82, 2.24) is 0 Å². The molecule has 1 aliphatic carbocycles. The number of methoxy groups -OCH3 is 2. The molecule has 1 aromatic rings. The second-order valence-electron chi connectivity index (χ2n) is 4.55. The Labute approximate surface area is 120 Å². The van der Waals surface area contributed by atoms with Gasteiger partial charge >= 0.3 is 0 Å². The molecule has 1 fully saturated rings. The van der Waals surface area contributed by atoms with Gasteiger partial charge in [0, 0.05) is 5.56 Å². The fourth-order valence-corrected chi connectivity index (χ4v) is 3.14. The van der Waals surface area contributed by atoms with Crippen molar-refractivity contribution in [2.24, 2.45) is 4.99 Å². The lowest BCUT2D eigenvalue weighted by molar-refractivity contribution is 0.380. The van der Waals surface area contributed by atoms with Gasteiger partial charge in [0.05, 0.1) is 14.2 Å². The van der Waals surface area contributed by atoms with Crippen molar-refractivity contribution in [3.05, 3.63) is 21.7 Å². The summed E-state index contributed by atoms with van der Waals surface area (Å²) >= 11 is 3.53. The first-order valence-corrected chi connectivity index (χ1v) is 6.95. The predicted molar refractivity (Wildman–Crippen MR) is 75.7 cm³/mol. The monoisotopic (exact) mass is 325 g/mol. The lowest BCUT2D eigenvalue weighted by atomic mass is 9.99. The molecule has 1 saturated carbocycles. The lowest BCUT2D eigenvalue weighted by Crippen LogP contribution is -2.08. The molecular weight excluding hydrogens is 310 g/mol. The molecule has 0 N–H and O–H groups in total. The van der Waals surface area contributed by atoms with Gasteiger partial charge in [0.15, 0.2) is 0 Å². The fourth-order valence-electron chi connectivity index (χ4n) is 2.34. The standard InChI is InChI=1S/C14H16BrNO3/c1-4-9-7-10(14(5-6-14)16-8-17)13(19-3)11(15)12(9)18-2/h7H,4-6H2,1-3H3. The number of hydrogen-bond acceptors (Lipinski definition) is 4. The topological polar surface area (TPSA) is 47.9 Å². The van der Waals surface area contributed by atoms with Gasteiger partial charge in [0.1, 0.15) is 21.5 Å². The first-order valence-electron chi connectivity index (χ1n) is 6.16. The fraction of sp³-hybridized carbons (Fsp3) is 0.500. The van der Waals surface area contributed by atoms with Gasteiger partial charge in [-0.2, -0.15) is 4.99 Å². The molecule has 0 bridgehead atoms. The summed E-state index contributed by atoms with van der Waals surface area (Å²) in [6.45, 7) is 2.06. The maximum absolute atomic E-state index is 10.6. The first kappa shape index (κ1) is 14.1. The Morgan fingerprint density at radius 3 is 2.42 bits per heavy atom. The molecule has 0 spiro atoms. The first-order chi connectivity index (χ1) is 9.13. The van der Waals surface area contributed by atoms with Crippen molar-refractivity contribution in [2.75, 3.05) is 14.2 Å². The molecule has 0 heterocycles. The SMILES string of the molecule is CCc1cc(C2(N=C=O)CC2)c(OC)c(Br)c1OC. The Morgan fingerprint density at radius 1 is 1.37 bits per heavy atom. The van der Waals surface area contributed by atoms with Crippen LogP contribution in [0, 0.1) is 0 Å². The number of isocyanates is 1. The van der Waals surface area contributed by atoms with Gasteiger partial charge in [-0.25, -0.2) is 4.79 Å². The van der Waals surface area contributed by atoms with Gasteiger partial charge in [-0.15, -0.1) is 0 Å². The number of benzene rings is 1. The molecule has 0 saturated heterocycles. The molecule has 2 rings (SSSR count). The highest BCUT2D eigenvalue weighted by Gasteiger charge is 2.47. The van der Waals surface area contributed by atoms with Crippen LogP contribution >= 0.6 is 15.9 Å². The number of rotatable bonds is 5. The van der Waals surface area contributed by atoms with Crippen LogP contribution in [-0.4, -0.2) is 20.3 Å². The smallest absolute Gasteiger partial charge is 0.235 e.